The number of nitrogens with one attached hydrogen (secondary N) is 1. The molecule has 1 heterocycles. The molecule has 0 radical (unpaired) electrons. The van der Waals surface area contributed by atoms with Gasteiger partial charge in [-0.25, -0.2) is 0 Å². The van der Waals surface area contributed by atoms with Gasteiger partial charge in [-0.05, 0) is 42.7 Å². The second kappa shape index (κ2) is 6.28. The van der Waals surface area contributed by atoms with Crippen LogP contribution in [0.15, 0.2) is 36.4 Å². The van der Waals surface area contributed by atoms with Crippen LogP contribution in [-0.4, -0.2) is 11.6 Å². The van der Waals surface area contributed by atoms with Gasteiger partial charge in [0, 0.05) is 5.69 Å². The van der Waals surface area contributed by atoms with Crippen molar-refractivity contribution in [3.63, 3.8) is 0 Å². The maximum Gasteiger partial charge on any atom is 0.239 e. The van der Waals surface area contributed by atoms with Crippen molar-refractivity contribution < 1.29 is 4.74 Å². The molecule has 0 unspecified atom stereocenters. The Morgan fingerprint density at radius 2 is 1.85 bits per heavy atom. The highest BCUT2D eigenvalue weighted by Gasteiger charge is 2.04. The summed E-state index contributed by atoms with van der Waals surface area (Å²) in [5, 5.41) is 3.25. The third-order valence-electron chi connectivity index (χ3n) is 3.02. The smallest absolute Gasteiger partial charge is 0.239 e. The molecule has 0 aliphatic rings. The van der Waals surface area contributed by atoms with Gasteiger partial charge in [-0.1, -0.05) is 26.0 Å². The molecule has 0 saturated carbocycles. The van der Waals surface area contributed by atoms with E-state index in [1.165, 1.54) is 5.56 Å². The van der Waals surface area contributed by atoms with Gasteiger partial charge in [0.2, 0.25) is 5.88 Å². The number of hydrogen-bond acceptors (Lipinski definition) is 4. The minimum Gasteiger partial charge on any atom is -0.476 e. The maximum atomic E-state index is 5.81. The quantitative estimate of drug-likeness (QED) is 0.865. The molecule has 0 atom stereocenters. The first-order valence-electron chi connectivity index (χ1n) is 6.86. The van der Waals surface area contributed by atoms with Crippen LogP contribution < -0.4 is 15.8 Å². The van der Waals surface area contributed by atoms with Crippen LogP contribution in [0.2, 0.25) is 0 Å². The normalized spacial score (nSPS) is 10.6. The fourth-order valence-electron chi connectivity index (χ4n) is 1.87. The number of pyridine rings is 1. The van der Waals surface area contributed by atoms with Gasteiger partial charge in [-0.2, -0.15) is 4.98 Å². The molecule has 0 spiro atoms. The summed E-state index contributed by atoms with van der Waals surface area (Å²) in [6.07, 6.45) is 0. The minimum absolute atomic E-state index is 0.469. The number of ether oxygens (including phenoxy) is 1. The largest absolute Gasteiger partial charge is 0.476 e. The number of nitrogens with two attached hydrogens (primary N) is 1. The maximum absolute atomic E-state index is 5.81. The van der Waals surface area contributed by atoms with Crippen molar-refractivity contribution in [3.05, 3.63) is 42.0 Å². The van der Waals surface area contributed by atoms with E-state index in [2.05, 4.69) is 36.3 Å². The molecule has 0 bridgehead atoms. The summed E-state index contributed by atoms with van der Waals surface area (Å²) in [6, 6.07) is 12.0. The summed E-state index contributed by atoms with van der Waals surface area (Å²) in [7, 11) is 0. The lowest BCUT2D eigenvalue weighted by molar-refractivity contribution is 0.329. The zero-order chi connectivity index (χ0) is 14.5. The molecule has 106 valence electrons. The molecule has 0 aliphatic carbocycles. The molecule has 1 aromatic carbocycles. The lowest BCUT2D eigenvalue weighted by Crippen LogP contribution is -2.02. The van der Waals surface area contributed by atoms with Gasteiger partial charge in [0.1, 0.15) is 5.82 Å². The molecule has 0 aliphatic heterocycles. The number of nitrogen functional groups attached to an aromatic ring is 1. The van der Waals surface area contributed by atoms with E-state index in [1.54, 1.807) is 6.07 Å². The van der Waals surface area contributed by atoms with E-state index >= 15 is 0 Å². The summed E-state index contributed by atoms with van der Waals surface area (Å²) in [5.74, 6) is 1.72. The third-order valence-corrected chi connectivity index (χ3v) is 3.02. The lowest BCUT2D eigenvalue weighted by atomic mass is 10.0. The second-order valence-corrected chi connectivity index (χ2v) is 4.93. The molecule has 4 nitrogen and oxygen atoms in total. The second-order valence-electron chi connectivity index (χ2n) is 4.93. The number of aromatic nitrogens is 1. The molecule has 0 fully saturated rings. The van der Waals surface area contributed by atoms with Crippen LogP contribution in [0.4, 0.5) is 17.2 Å². The molecule has 3 N–H and O–H groups in total. The van der Waals surface area contributed by atoms with E-state index in [1.807, 2.05) is 25.1 Å². The predicted molar refractivity (Wildman–Crippen MR) is 83.6 cm³/mol. The topological polar surface area (TPSA) is 60.2 Å². The van der Waals surface area contributed by atoms with Crippen LogP contribution in [0, 0.1) is 0 Å². The van der Waals surface area contributed by atoms with Gasteiger partial charge in [0.25, 0.3) is 0 Å². The Kier molecular flexibility index (Phi) is 4.45. The number of anilines is 3. The average molecular weight is 271 g/mol. The first-order chi connectivity index (χ1) is 9.60. The van der Waals surface area contributed by atoms with Crippen molar-refractivity contribution in [3.8, 4) is 5.88 Å². The lowest BCUT2D eigenvalue weighted by Gasteiger charge is -2.11. The number of rotatable bonds is 5. The predicted octanol–water partition coefficient (Wildman–Crippen LogP) is 3.93. The van der Waals surface area contributed by atoms with Gasteiger partial charge in [-0.15, -0.1) is 0 Å². The highest BCUT2D eigenvalue weighted by atomic mass is 16.5. The summed E-state index contributed by atoms with van der Waals surface area (Å²) >= 11 is 0. The molecule has 20 heavy (non-hydrogen) atoms. The Morgan fingerprint density at radius 3 is 2.45 bits per heavy atom. The molecule has 0 saturated heterocycles. The molecular formula is C16H21N3O. The molecule has 4 heteroatoms. The molecule has 2 rings (SSSR count). The summed E-state index contributed by atoms with van der Waals surface area (Å²) in [6.45, 7) is 6.81. The Morgan fingerprint density at radius 1 is 1.15 bits per heavy atom. The SMILES string of the molecule is CCOc1nc(Nc2ccc(C(C)C)cc2)ccc1N. The number of hydrogen-bond donors (Lipinski definition) is 2. The van der Waals surface area contributed by atoms with Crippen LogP contribution >= 0.6 is 0 Å². The van der Waals surface area contributed by atoms with Gasteiger partial charge < -0.3 is 15.8 Å². The Labute approximate surface area is 120 Å². The average Bonchev–Trinajstić information content (AvgIpc) is 2.43. The summed E-state index contributed by atoms with van der Waals surface area (Å²) in [4.78, 5) is 4.36. The van der Waals surface area contributed by atoms with Crippen LogP contribution in [0.5, 0.6) is 5.88 Å². The molecule has 1 aromatic heterocycles. The molecular weight excluding hydrogens is 250 g/mol. The number of benzene rings is 1. The molecule has 2 aromatic rings. The van der Waals surface area contributed by atoms with E-state index in [0.717, 1.165) is 11.5 Å². The standard InChI is InChI=1S/C16H21N3O/c1-4-20-16-14(17)9-10-15(19-16)18-13-7-5-12(6-8-13)11(2)3/h5-11H,4,17H2,1-3H3,(H,18,19). The first kappa shape index (κ1) is 14.2. The van der Waals surface area contributed by atoms with Crippen LogP contribution in [0.3, 0.4) is 0 Å². The zero-order valence-electron chi connectivity index (χ0n) is 12.2. The van der Waals surface area contributed by atoms with Crippen LogP contribution in [-0.2, 0) is 0 Å². The van der Waals surface area contributed by atoms with E-state index < -0.39 is 0 Å². The third kappa shape index (κ3) is 3.41. The highest BCUT2D eigenvalue weighted by molar-refractivity contribution is 5.60. The fraction of sp³-hybridized carbons (Fsp3) is 0.312. The fourth-order valence-corrected chi connectivity index (χ4v) is 1.87. The number of nitrogens with zero attached hydrogens (tertiary/aromatic N) is 1. The Bertz CT molecular complexity index is 564. The summed E-state index contributed by atoms with van der Waals surface area (Å²) < 4.78 is 5.39. The van der Waals surface area contributed by atoms with E-state index in [9.17, 15) is 0 Å². The van der Waals surface area contributed by atoms with Crippen molar-refractivity contribution in [2.24, 2.45) is 0 Å². The summed E-state index contributed by atoms with van der Waals surface area (Å²) in [5.41, 5.74) is 8.67. The highest BCUT2D eigenvalue weighted by Crippen LogP contribution is 2.24. The van der Waals surface area contributed by atoms with Gasteiger partial charge in [0.15, 0.2) is 0 Å². The van der Waals surface area contributed by atoms with Gasteiger partial charge >= 0.3 is 0 Å². The van der Waals surface area contributed by atoms with E-state index in [4.69, 9.17) is 10.5 Å². The van der Waals surface area contributed by atoms with Crippen molar-refractivity contribution in [2.45, 2.75) is 26.7 Å². The molecule has 0 amide bonds. The first-order valence-corrected chi connectivity index (χ1v) is 6.86. The van der Waals surface area contributed by atoms with Crippen LogP contribution in [0.25, 0.3) is 0 Å². The zero-order valence-corrected chi connectivity index (χ0v) is 12.2. The van der Waals surface area contributed by atoms with Gasteiger partial charge in [-0.3, -0.25) is 0 Å². The van der Waals surface area contributed by atoms with E-state index in [0.29, 0.717) is 24.1 Å². The van der Waals surface area contributed by atoms with Crippen molar-refractivity contribution in [1.82, 2.24) is 4.98 Å². The minimum atomic E-state index is 0.469. The van der Waals surface area contributed by atoms with Crippen LogP contribution in [0.1, 0.15) is 32.3 Å². The van der Waals surface area contributed by atoms with E-state index in [-0.39, 0.29) is 0 Å². The Hall–Kier alpha value is -2.23. The van der Waals surface area contributed by atoms with Crippen molar-refractivity contribution >= 4 is 17.2 Å². The Balaban J connectivity index is 2.15. The monoisotopic (exact) mass is 271 g/mol. The van der Waals surface area contributed by atoms with Crippen molar-refractivity contribution in [2.75, 3.05) is 17.7 Å². The van der Waals surface area contributed by atoms with Crippen molar-refractivity contribution in [1.29, 1.82) is 0 Å². The van der Waals surface area contributed by atoms with Gasteiger partial charge in [0.05, 0.1) is 12.3 Å².